The standard InChI is InChI=1S/C14H16N2O2S/c17-14(15-7-5-10-6-8-19-9-10)13-11-3-1-2-4-12(11)18-16-13/h6,8-9H,1-5,7H2,(H,15,17). The molecule has 3 rings (SSSR count). The Morgan fingerprint density at radius 3 is 3.16 bits per heavy atom. The first-order chi connectivity index (χ1) is 9.34. The van der Waals surface area contributed by atoms with Gasteiger partial charge in [0.15, 0.2) is 5.69 Å². The van der Waals surface area contributed by atoms with Crippen LogP contribution in [0.1, 0.15) is 40.2 Å². The number of amides is 1. The van der Waals surface area contributed by atoms with Gasteiger partial charge in [-0.2, -0.15) is 11.3 Å². The van der Waals surface area contributed by atoms with Gasteiger partial charge in [0.25, 0.3) is 5.91 Å². The third-order valence-corrected chi connectivity index (χ3v) is 4.18. The molecule has 0 radical (unpaired) electrons. The Morgan fingerprint density at radius 1 is 1.42 bits per heavy atom. The lowest BCUT2D eigenvalue weighted by Gasteiger charge is -2.09. The zero-order valence-electron chi connectivity index (χ0n) is 10.6. The molecule has 1 amide bonds. The van der Waals surface area contributed by atoms with Gasteiger partial charge in [0.05, 0.1) is 0 Å². The van der Waals surface area contributed by atoms with Gasteiger partial charge < -0.3 is 9.84 Å². The fraction of sp³-hybridized carbons (Fsp3) is 0.429. The number of nitrogens with zero attached hydrogens (tertiary/aromatic N) is 1. The number of fused-ring (bicyclic) bond motifs is 1. The molecule has 2 heterocycles. The molecule has 0 unspecified atom stereocenters. The van der Waals surface area contributed by atoms with Gasteiger partial charge in [0, 0.05) is 18.5 Å². The highest BCUT2D eigenvalue weighted by atomic mass is 32.1. The number of carbonyl (C=O) groups is 1. The maximum atomic E-state index is 12.1. The van der Waals surface area contributed by atoms with Crippen LogP contribution in [0.3, 0.4) is 0 Å². The van der Waals surface area contributed by atoms with Crippen LogP contribution in [0.2, 0.25) is 0 Å². The van der Waals surface area contributed by atoms with Crippen LogP contribution in [0, 0.1) is 0 Å². The number of aromatic nitrogens is 1. The third-order valence-electron chi connectivity index (χ3n) is 3.44. The Labute approximate surface area is 115 Å². The lowest BCUT2D eigenvalue weighted by Crippen LogP contribution is -2.27. The predicted octanol–water partition coefficient (Wildman–Crippen LogP) is 2.59. The zero-order chi connectivity index (χ0) is 13.1. The fourth-order valence-corrected chi connectivity index (χ4v) is 3.11. The molecule has 0 bridgehead atoms. The maximum absolute atomic E-state index is 12.1. The van der Waals surface area contributed by atoms with Crippen molar-refractivity contribution in [2.75, 3.05) is 6.54 Å². The first-order valence-electron chi connectivity index (χ1n) is 6.61. The van der Waals surface area contributed by atoms with E-state index in [-0.39, 0.29) is 5.91 Å². The first-order valence-corrected chi connectivity index (χ1v) is 7.55. The second-order valence-corrected chi connectivity index (χ2v) is 5.56. The molecule has 2 aromatic rings. The largest absolute Gasteiger partial charge is 0.360 e. The molecule has 0 fully saturated rings. The molecule has 0 saturated heterocycles. The van der Waals surface area contributed by atoms with Crippen molar-refractivity contribution in [2.45, 2.75) is 32.1 Å². The first kappa shape index (κ1) is 12.4. The average Bonchev–Trinajstić information content (AvgIpc) is 3.07. The van der Waals surface area contributed by atoms with Gasteiger partial charge in [0.1, 0.15) is 5.76 Å². The predicted molar refractivity (Wildman–Crippen MR) is 73.5 cm³/mol. The summed E-state index contributed by atoms with van der Waals surface area (Å²) in [5, 5.41) is 11.0. The molecule has 0 aliphatic heterocycles. The number of aryl methyl sites for hydroxylation is 1. The molecule has 2 aromatic heterocycles. The van der Waals surface area contributed by atoms with Crippen LogP contribution in [0.15, 0.2) is 21.3 Å². The van der Waals surface area contributed by atoms with Crippen LogP contribution >= 0.6 is 11.3 Å². The molecule has 0 aromatic carbocycles. The molecule has 19 heavy (non-hydrogen) atoms. The lowest BCUT2D eigenvalue weighted by molar-refractivity contribution is 0.0944. The smallest absolute Gasteiger partial charge is 0.273 e. The van der Waals surface area contributed by atoms with Crippen molar-refractivity contribution >= 4 is 17.2 Å². The van der Waals surface area contributed by atoms with Gasteiger partial charge in [-0.1, -0.05) is 5.16 Å². The van der Waals surface area contributed by atoms with E-state index in [1.54, 1.807) is 11.3 Å². The van der Waals surface area contributed by atoms with Crippen molar-refractivity contribution in [3.8, 4) is 0 Å². The highest BCUT2D eigenvalue weighted by molar-refractivity contribution is 7.07. The van der Waals surface area contributed by atoms with E-state index in [0.29, 0.717) is 12.2 Å². The van der Waals surface area contributed by atoms with Crippen molar-refractivity contribution in [1.29, 1.82) is 0 Å². The summed E-state index contributed by atoms with van der Waals surface area (Å²) in [6, 6.07) is 2.08. The Kier molecular flexibility index (Phi) is 3.64. The number of carbonyl (C=O) groups excluding carboxylic acids is 1. The van der Waals surface area contributed by atoms with Gasteiger partial charge in [-0.25, -0.2) is 0 Å². The summed E-state index contributed by atoms with van der Waals surface area (Å²) in [4.78, 5) is 12.1. The summed E-state index contributed by atoms with van der Waals surface area (Å²) in [6.45, 7) is 0.636. The minimum atomic E-state index is -0.109. The van der Waals surface area contributed by atoms with E-state index in [1.165, 1.54) is 5.56 Å². The highest BCUT2D eigenvalue weighted by Gasteiger charge is 2.23. The monoisotopic (exact) mass is 276 g/mol. The molecule has 1 N–H and O–H groups in total. The van der Waals surface area contributed by atoms with Crippen molar-refractivity contribution in [1.82, 2.24) is 10.5 Å². The molecule has 100 valence electrons. The van der Waals surface area contributed by atoms with E-state index >= 15 is 0 Å². The van der Waals surface area contributed by atoms with Crippen LogP contribution in [0.25, 0.3) is 0 Å². The minimum absolute atomic E-state index is 0.109. The molecule has 1 aliphatic carbocycles. The Hall–Kier alpha value is -1.62. The molecule has 5 heteroatoms. The number of hydrogen-bond acceptors (Lipinski definition) is 4. The second kappa shape index (κ2) is 5.57. The molecule has 0 spiro atoms. The zero-order valence-corrected chi connectivity index (χ0v) is 11.5. The highest BCUT2D eigenvalue weighted by Crippen LogP contribution is 2.24. The Morgan fingerprint density at radius 2 is 2.32 bits per heavy atom. The number of nitrogens with one attached hydrogen (secondary N) is 1. The molecule has 0 atom stereocenters. The van der Waals surface area contributed by atoms with Gasteiger partial charge in [-0.15, -0.1) is 0 Å². The van der Waals surface area contributed by atoms with Gasteiger partial charge >= 0.3 is 0 Å². The lowest BCUT2D eigenvalue weighted by atomic mass is 9.96. The van der Waals surface area contributed by atoms with Crippen molar-refractivity contribution in [3.63, 3.8) is 0 Å². The number of rotatable bonds is 4. The van der Waals surface area contributed by atoms with Gasteiger partial charge in [-0.3, -0.25) is 4.79 Å². The normalized spacial score (nSPS) is 14.1. The van der Waals surface area contributed by atoms with E-state index in [1.807, 2.05) is 5.38 Å². The molecule has 1 aliphatic rings. The van der Waals surface area contributed by atoms with Crippen LogP contribution < -0.4 is 5.32 Å². The van der Waals surface area contributed by atoms with Crippen LogP contribution in [-0.4, -0.2) is 17.6 Å². The van der Waals surface area contributed by atoms with E-state index < -0.39 is 0 Å². The number of hydrogen-bond donors (Lipinski definition) is 1. The summed E-state index contributed by atoms with van der Waals surface area (Å²) in [5.41, 5.74) is 2.76. The Balaban J connectivity index is 1.59. The molecular weight excluding hydrogens is 260 g/mol. The van der Waals surface area contributed by atoms with Crippen LogP contribution in [0.5, 0.6) is 0 Å². The summed E-state index contributed by atoms with van der Waals surface area (Å²) in [7, 11) is 0. The van der Waals surface area contributed by atoms with E-state index in [9.17, 15) is 4.79 Å². The second-order valence-electron chi connectivity index (χ2n) is 4.78. The van der Waals surface area contributed by atoms with Gasteiger partial charge in [0.2, 0.25) is 0 Å². The molecule has 0 saturated carbocycles. The third kappa shape index (κ3) is 2.71. The Bertz CT molecular complexity index is 560. The summed E-state index contributed by atoms with van der Waals surface area (Å²) in [5.74, 6) is 0.788. The quantitative estimate of drug-likeness (QED) is 0.933. The molecular formula is C14H16N2O2S. The summed E-state index contributed by atoms with van der Waals surface area (Å²) in [6.07, 6.45) is 4.91. The maximum Gasteiger partial charge on any atom is 0.273 e. The van der Waals surface area contributed by atoms with Crippen molar-refractivity contribution in [2.24, 2.45) is 0 Å². The SMILES string of the molecule is O=C(NCCc1ccsc1)c1noc2c1CCCC2. The van der Waals surface area contributed by atoms with Crippen molar-refractivity contribution in [3.05, 3.63) is 39.4 Å². The average molecular weight is 276 g/mol. The van der Waals surface area contributed by atoms with E-state index in [4.69, 9.17) is 4.52 Å². The minimum Gasteiger partial charge on any atom is -0.360 e. The fourth-order valence-electron chi connectivity index (χ4n) is 2.40. The molecule has 4 nitrogen and oxygen atoms in total. The van der Waals surface area contributed by atoms with Crippen molar-refractivity contribution < 1.29 is 9.32 Å². The van der Waals surface area contributed by atoms with Crippen LogP contribution in [-0.2, 0) is 19.3 Å². The van der Waals surface area contributed by atoms with E-state index in [0.717, 1.165) is 43.4 Å². The van der Waals surface area contributed by atoms with E-state index in [2.05, 4.69) is 21.9 Å². The van der Waals surface area contributed by atoms with Crippen LogP contribution in [0.4, 0.5) is 0 Å². The summed E-state index contributed by atoms with van der Waals surface area (Å²) < 4.78 is 5.25. The topological polar surface area (TPSA) is 55.1 Å². The summed E-state index contributed by atoms with van der Waals surface area (Å²) >= 11 is 1.67. The van der Waals surface area contributed by atoms with Gasteiger partial charge in [-0.05, 0) is 48.1 Å². The number of thiophene rings is 1.